The number of hydrogen-bond donors (Lipinski definition) is 0. The average Bonchev–Trinajstić information content (AvgIpc) is 2.03. The molecule has 11 heavy (non-hydrogen) atoms. The van der Waals surface area contributed by atoms with Gasteiger partial charge in [-0.05, 0) is 18.3 Å². The summed E-state index contributed by atoms with van der Waals surface area (Å²) in [5.74, 6) is 1.74. The van der Waals surface area contributed by atoms with Gasteiger partial charge in [-0.3, -0.25) is 0 Å². The average molecular weight is 151 g/mol. The van der Waals surface area contributed by atoms with Gasteiger partial charge in [0.2, 0.25) is 6.54 Å². The van der Waals surface area contributed by atoms with Gasteiger partial charge >= 0.3 is 0 Å². The summed E-state index contributed by atoms with van der Waals surface area (Å²) in [5.41, 5.74) is 0. The summed E-state index contributed by atoms with van der Waals surface area (Å²) in [6, 6.07) is 0. The van der Waals surface area contributed by atoms with Crippen LogP contribution in [-0.4, -0.2) is 6.54 Å². The zero-order valence-electron chi connectivity index (χ0n) is 7.34. The van der Waals surface area contributed by atoms with E-state index in [1.54, 1.807) is 0 Å². The Bertz CT molecular complexity index is 145. The van der Waals surface area contributed by atoms with Crippen LogP contribution in [0.1, 0.15) is 39.0 Å². The lowest BCUT2D eigenvalue weighted by Gasteiger charge is -2.26. The van der Waals surface area contributed by atoms with Gasteiger partial charge in [0.1, 0.15) is 0 Å². The molecule has 0 heterocycles. The Morgan fingerprint density at radius 2 is 2.09 bits per heavy atom. The summed E-state index contributed by atoms with van der Waals surface area (Å²) in [4.78, 5) is 3.41. The number of nitrogens with zero attached hydrogens (tertiary/aromatic N) is 1. The fourth-order valence-electron chi connectivity index (χ4n) is 2.05. The molecule has 0 radical (unpaired) electrons. The Balaban J connectivity index is 2.25. The second kappa shape index (κ2) is 4.38. The first kappa shape index (κ1) is 8.59. The molecule has 0 bridgehead atoms. The largest absolute Gasteiger partial charge is 0.317 e. The molecule has 1 rings (SSSR count). The molecule has 1 saturated carbocycles. The van der Waals surface area contributed by atoms with E-state index in [1.165, 1.54) is 25.7 Å². The van der Waals surface area contributed by atoms with Crippen molar-refractivity contribution in [1.82, 2.24) is 0 Å². The molecule has 0 aromatic carbocycles. The van der Waals surface area contributed by atoms with Gasteiger partial charge in [-0.15, -0.1) is 0 Å². The van der Waals surface area contributed by atoms with Gasteiger partial charge < -0.3 is 4.85 Å². The minimum atomic E-state index is 0.745. The summed E-state index contributed by atoms with van der Waals surface area (Å²) in [7, 11) is 0. The molecule has 0 N–H and O–H groups in total. The molecule has 1 aliphatic rings. The van der Waals surface area contributed by atoms with Crippen molar-refractivity contribution in [3.05, 3.63) is 11.4 Å². The smallest absolute Gasteiger partial charge is 0.214 e. The van der Waals surface area contributed by atoms with Crippen LogP contribution in [-0.2, 0) is 0 Å². The molecule has 0 amide bonds. The van der Waals surface area contributed by atoms with Crippen LogP contribution in [0.4, 0.5) is 0 Å². The maximum atomic E-state index is 6.71. The predicted octanol–water partition coefficient (Wildman–Crippen LogP) is 3.12. The summed E-state index contributed by atoms with van der Waals surface area (Å²) in [5, 5.41) is 0. The van der Waals surface area contributed by atoms with Gasteiger partial charge in [-0.1, -0.05) is 26.2 Å². The van der Waals surface area contributed by atoms with Crippen LogP contribution in [0.25, 0.3) is 4.85 Å². The van der Waals surface area contributed by atoms with Gasteiger partial charge in [0.25, 0.3) is 0 Å². The van der Waals surface area contributed by atoms with Crippen molar-refractivity contribution in [1.29, 1.82) is 0 Å². The van der Waals surface area contributed by atoms with E-state index in [4.69, 9.17) is 6.57 Å². The summed E-state index contributed by atoms with van der Waals surface area (Å²) >= 11 is 0. The standard InChI is InChI=1S/C10H17N/c1-9-5-3-4-6-10(9)7-8-11-2/h9-10H,3-8H2,1H3. The normalized spacial score (nSPS) is 31.3. The van der Waals surface area contributed by atoms with Crippen molar-refractivity contribution in [3.8, 4) is 0 Å². The first-order valence-electron chi connectivity index (χ1n) is 4.68. The van der Waals surface area contributed by atoms with E-state index in [-0.39, 0.29) is 0 Å². The quantitative estimate of drug-likeness (QED) is 0.534. The van der Waals surface area contributed by atoms with Crippen LogP contribution in [0.5, 0.6) is 0 Å². The van der Waals surface area contributed by atoms with Crippen molar-refractivity contribution >= 4 is 0 Å². The van der Waals surface area contributed by atoms with Crippen LogP contribution in [0.3, 0.4) is 0 Å². The SMILES string of the molecule is [C-]#[N+]CCC1CCCCC1C. The van der Waals surface area contributed by atoms with E-state index in [2.05, 4.69) is 11.8 Å². The van der Waals surface area contributed by atoms with Crippen molar-refractivity contribution in [3.63, 3.8) is 0 Å². The van der Waals surface area contributed by atoms with Crippen molar-refractivity contribution in [2.45, 2.75) is 39.0 Å². The molecule has 0 spiro atoms. The van der Waals surface area contributed by atoms with Gasteiger partial charge in [-0.25, -0.2) is 6.57 Å². The van der Waals surface area contributed by atoms with Crippen molar-refractivity contribution in [2.75, 3.05) is 6.54 Å². The fourth-order valence-corrected chi connectivity index (χ4v) is 2.05. The molecule has 1 heteroatoms. The molecule has 0 aromatic heterocycles. The number of rotatable bonds is 2. The van der Waals surface area contributed by atoms with E-state index >= 15 is 0 Å². The lowest BCUT2D eigenvalue weighted by Crippen LogP contribution is -2.17. The molecule has 0 aliphatic heterocycles. The first-order chi connectivity index (χ1) is 5.34. The lowest BCUT2D eigenvalue weighted by atomic mass is 9.79. The molecule has 0 aromatic rings. The Morgan fingerprint density at radius 3 is 2.73 bits per heavy atom. The molecule has 2 atom stereocenters. The third kappa shape index (κ3) is 2.54. The van der Waals surface area contributed by atoms with Crippen LogP contribution < -0.4 is 0 Å². The molecule has 0 saturated heterocycles. The van der Waals surface area contributed by atoms with E-state index in [0.717, 1.165) is 24.8 Å². The van der Waals surface area contributed by atoms with E-state index in [9.17, 15) is 0 Å². The van der Waals surface area contributed by atoms with Crippen molar-refractivity contribution < 1.29 is 0 Å². The summed E-state index contributed by atoms with van der Waals surface area (Å²) in [6.45, 7) is 9.80. The van der Waals surface area contributed by atoms with Gasteiger partial charge in [-0.2, -0.15) is 0 Å². The highest BCUT2D eigenvalue weighted by Crippen LogP contribution is 2.31. The molecular weight excluding hydrogens is 134 g/mol. The maximum Gasteiger partial charge on any atom is 0.214 e. The third-order valence-corrected chi connectivity index (χ3v) is 2.90. The zero-order chi connectivity index (χ0) is 8.10. The van der Waals surface area contributed by atoms with Crippen molar-refractivity contribution in [2.24, 2.45) is 11.8 Å². The van der Waals surface area contributed by atoms with Gasteiger partial charge in [0.15, 0.2) is 0 Å². The Morgan fingerprint density at radius 1 is 1.36 bits per heavy atom. The molecule has 1 aliphatic carbocycles. The fraction of sp³-hybridized carbons (Fsp3) is 0.900. The lowest BCUT2D eigenvalue weighted by molar-refractivity contribution is 0.248. The summed E-state index contributed by atoms with van der Waals surface area (Å²) in [6.07, 6.45) is 6.71. The van der Waals surface area contributed by atoms with E-state index < -0.39 is 0 Å². The van der Waals surface area contributed by atoms with Crippen LogP contribution in [0.15, 0.2) is 0 Å². The number of hydrogen-bond acceptors (Lipinski definition) is 0. The van der Waals surface area contributed by atoms with Crippen LogP contribution in [0.2, 0.25) is 0 Å². The molecule has 1 nitrogen and oxygen atoms in total. The molecule has 1 fully saturated rings. The van der Waals surface area contributed by atoms with Crippen LogP contribution >= 0.6 is 0 Å². The highest BCUT2D eigenvalue weighted by Gasteiger charge is 2.21. The zero-order valence-corrected chi connectivity index (χ0v) is 7.34. The Hall–Kier alpha value is -0.510. The predicted molar refractivity (Wildman–Crippen MR) is 47.2 cm³/mol. The Labute approximate surface area is 69.6 Å². The minimum Gasteiger partial charge on any atom is -0.317 e. The second-order valence-corrected chi connectivity index (χ2v) is 3.69. The highest BCUT2D eigenvalue weighted by molar-refractivity contribution is 4.75. The first-order valence-corrected chi connectivity index (χ1v) is 4.68. The molecular formula is C10H17N. The van der Waals surface area contributed by atoms with Crippen LogP contribution in [0, 0.1) is 18.4 Å². The van der Waals surface area contributed by atoms with Gasteiger partial charge in [0, 0.05) is 6.42 Å². The van der Waals surface area contributed by atoms with E-state index in [1.807, 2.05) is 0 Å². The Kier molecular flexibility index (Phi) is 3.42. The highest BCUT2D eigenvalue weighted by atomic mass is 14.6. The van der Waals surface area contributed by atoms with Gasteiger partial charge in [0.05, 0.1) is 0 Å². The topological polar surface area (TPSA) is 4.36 Å². The second-order valence-electron chi connectivity index (χ2n) is 3.69. The molecule has 2 unspecified atom stereocenters. The summed E-state index contributed by atoms with van der Waals surface area (Å²) < 4.78 is 0. The molecule has 62 valence electrons. The monoisotopic (exact) mass is 151 g/mol. The third-order valence-electron chi connectivity index (χ3n) is 2.90. The van der Waals surface area contributed by atoms with E-state index in [0.29, 0.717) is 0 Å². The minimum absolute atomic E-state index is 0.745. The maximum absolute atomic E-state index is 6.71.